The average molecular weight is 312 g/mol. The maximum atomic E-state index is 9.65. The number of aromatic nitrogens is 2. The molecule has 0 bridgehead atoms. The van der Waals surface area contributed by atoms with Gasteiger partial charge >= 0.3 is 0 Å². The summed E-state index contributed by atoms with van der Waals surface area (Å²) >= 11 is 0. The fourth-order valence-corrected chi connectivity index (χ4v) is 3.80. The number of H-pyrrole nitrogens is 1. The number of pyridine rings is 1. The third kappa shape index (κ3) is 2.99. The van der Waals surface area contributed by atoms with E-state index in [0.29, 0.717) is 5.92 Å². The lowest BCUT2D eigenvalue weighted by Crippen LogP contribution is -2.24. The molecule has 0 spiro atoms. The second kappa shape index (κ2) is 5.98. The van der Waals surface area contributed by atoms with Gasteiger partial charge in [-0.2, -0.15) is 0 Å². The molecule has 1 aliphatic heterocycles. The number of aromatic amines is 1. The quantitative estimate of drug-likeness (QED) is 0.814. The first-order valence-corrected chi connectivity index (χ1v) is 8.50. The van der Waals surface area contributed by atoms with Crippen molar-refractivity contribution in [3.8, 4) is 0 Å². The zero-order valence-corrected chi connectivity index (χ0v) is 13.5. The van der Waals surface area contributed by atoms with E-state index >= 15 is 0 Å². The Hall–Kier alpha value is -1.85. The second-order valence-corrected chi connectivity index (χ2v) is 6.98. The number of aliphatic hydroxyl groups is 1. The van der Waals surface area contributed by atoms with Gasteiger partial charge in [-0.3, -0.25) is 0 Å². The first-order chi connectivity index (χ1) is 11.2. The van der Waals surface area contributed by atoms with Gasteiger partial charge in [0.1, 0.15) is 5.65 Å². The standard InChI is InChI=1S/C18H24N4O/c1-22-11-14(9-21-22)17-10-20-18-16(17)7-13(8-19-18)6-12-2-4-15(23)5-3-12/h7-10,12,15,21,23H,2-6,11H2,1H3,(H,19,20). The van der Waals surface area contributed by atoms with Crippen LogP contribution in [0.15, 0.2) is 24.7 Å². The van der Waals surface area contributed by atoms with E-state index in [1.807, 2.05) is 13.2 Å². The van der Waals surface area contributed by atoms with Crippen LogP contribution < -0.4 is 5.43 Å². The van der Waals surface area contributed by atoms with E-state index in [1.54, 1.807) is 0 Å². The van der Waals surface area contributed by atoms with E-state index in [1.165, 1.54) is 22.1 Å². The van der Waals surface area contributed by atoms with Gasteiger partial charge in [0, 0.05) is 43.1 Å². The number of aliphatic hydroxyl groups excluding tert-OH is 1. The number of hydrogen-bond acceptors (Lipinski definition) is 4. The van der Waals surface area contributed by atoms with Crippen LogP contribution in [0, 0.1) is 5.92 Å². The predicted octanol–water partition coefficient (Wildman–Crippen LogP) is 2.45. The van der Waals surface area contributed by atoms with Crippen LogP contribution >= 0.6 is 0 Å². The van der Waals surface area contributed by atoms with Crippen molar-refractivity contribution in [2.45, 2.75) is 38.2 Å². The lowest BCUT2D eigenvalue weighted by molar-refractivity contribution is 0.108. The summed E-state index contributed by atoms with van der Waals surface area (Å²) < 4.78 is 0. The lowest BCUT2D eigenvalue weighted by atomic mass is 9.83. The molecule has 4 rings (SSSR count). The molecule has 1 aliphatic carbocycles. The summed E-state index contributed by atoms with van der Waals surface area (Å²) in [6.45, 7) is 0.900. The Kier molecular flexibility index (Phi) is 3.83. The molecule has 0 saturated heterocycles. The van der Waals surface area contributed by atoms with Crippen LogP contribution in [-0.2, 0) is 6.42 Å². The van der Waals surface area contributed by atoms with Crippen LogP contribution in [0.3, 0.4) is 0 Å². The van der Waals surface area contributed by atoms with Gasteiger partial charge in [0.05, 0.1) is 6.10 Å². The number of likely N-dealkylation sites (N-methyl/N-ethyl adjacent to an activating group) is 1. The highest BCUT2D eigenvalue weighted by Crippen LogP contribution is 2.30. The van der Waals surface area contributed by atoms with Crippen LogP contribution in [0.25, 0.3) is 16.6 Å². The Morgan fingerprint density at radius 2 is 2.13 bits per heavy atom. The normalized spacial score (nSPS) is 25.6. The van der Waals surface area contributed by atoms with Gasteiger partial charge in [0.25, 0.3) is 0 Å². The van der Waals surface area contributed by atoms with Crippen molar-refractivity contribution in [2.75, 3.05) is 13.6 Å². The third-order valence-electron chi connectivity index (χ3n) is 5.14. The SMILES string of the molecule is CN1CC(c2c[nH]c3ncc(CC4CCC(O)CC4)cc23)=CN1. The van der Waals surface area contributed by atoms with Crippen LogP contribution in [0.4, 0.5) is 0 Å². The summed E-state index contributed by atoms with van der Waals surface area (Å²) in [7, 11) is 2.04. The fourth-order valence-electron chi connectivity index (χ4n) is 3.80. The van der Waals surface area contributed by atoms with E-state index in [9.17, 15) is 5.11 Å². The smallest absolute Gasteiger partial charge is 0.137 e. The molecule has 0 aromatic carbocycles. The number of hydrazine groups is 1. The Labute approximate surface area is 136 Å². The summed E-state index contributed by atoms with van der Waals surface area (Å²) in [4.78, 5) is 7.89. The van der Waals surface area contributed by atoms with Gasteiger partial charge in [0.15, 0.2) is 0 Å². The molecule has 2 aromatic rings. The molecule has 3 heterocycles. The van der Waals surface area contributed by atoms with Gasteiger partial charge in [-0.25, -0.2) is 9.99 Å². The molecule has 0 amide bonds. The third-order valence-corrected chi connectivity index (χ3v) is 5.14. The number of rotatable bonds is 3. The van der Waals surface area contributed by atoms with Crippen LogP contribution in [0.2, 0.25) is 0 Å². The molecule has 122 valence electrons. The van der Waals surface area contributed by atoms with Crippen molar-refractivity contribution >= 4 is 16.6 Å². The molecule has 3 N–H and O–H groups in total. The molecule has 5 nitrogen and oxygen atoms in total. The highest BCUT2D eigenvalue weighted by molar-refractivity contribution is 5.91. The molecule has 23 heavy (non-hydrogen) atoms. The van der Waals surface area contributed by atoms with Crippen molar-refractivity contribution in [2.24, 2.45) is 5.92 Å². The van der Waals surface area contributed by atoms with Crippen molar-refractivity contribution in [1.82, 2.24) is 20.4 Å². The molecule has 1 saturated carbocycles. The van der Waals surface area contributed by atoms with E-state index in [2.05, 4.69) is 38.9 Å². The van der Waals surface area contributed by atoms with E-state index < -0.39 is 0 Å². The molecule has 2 aliphatic rings. The van der Waals surface area contributed by atoms with E-state index in [4.69, 9.17) is 0 Å². The van der Waals surface area contributed by atoms with Crippen LogP contribution in [0.1, 0.15) is 36.8 Å². The molecule has 0 radical (unpaired) electrons. The molecule has 0 atom stereocenters. The first kappa shape index (κ1) is 14.7. The predicted molar refractivity (Wildman–Crippen MR) is 91.5 cm³/mol. The number of hydrogen-bond donors (Lipinski definition) is 3. The van der Waals surface area contributed by atoms with Crippen LogP contribution in [0.5, 0.6) is 0 Å². The maximum absolute atomic E-state index is 9.65. The maximum Gasteiger partial charge on any atom is 0.137 e. The average Bonchev–Trinajstić information content (AvgIpc) is 3.15. The van der Waals surface area contributed by atoms with Crippen molar-refractivity contribution < 1.29 is 5.11 Å². The Morgan fingerprint density at radius 3 is 2.87 bits per heavy atom. The summed E-state index contributed by atoms with van der Waals surface area (Å²) in [5, 5.41) is 12.9. The number of nitrogens with zero attached hydrogens (tertiary/aromatic N) is 2. The largest absolute Gasteiger partial charge is 0.393 e. The molecular formula is C18H24N4O. The number of fused-ring (bicyclic) bond motifs is 1. The summed E-state index contributed by atoms with van der Waals surface area (Å²) in [5.41, 5.74) is 8.01. The van der Waals surface area contributed by atoms with Crippen LogP contribution in [-0.4, -0.2) is 39.8 Å². The van der Waals surface area contributed by atoms with Gasteiger partial charge in [-0.05, 0) is 55.2 Å². The molecule has 5 heteroatoms. The van der Waals surface area contributed by atoms with E-state index in [-0.39, 0.29) is 6.10 Å². The molecule has 1 fully saturated rings. The molecule has 0 unspecified atom stereocenters. The van der Waals surface area contributed by atoms with Gasteiger partial charge in [-0.1, -0.05) is 0 Å². The highest BCUT2D eigenvalue weighted by atomic mass is 16.3. The first-order valence-electron chi connectivity index (χ1n) is 8.50. The minimum Gasteiger partial charge on any atom is -0.393 e. The molecular weight excluding hydrogens is 288 g/mol. The van der Waals surface area contributed by atoms with Crippen molar-refractivity contribution in [3.05, 3.63) is 35.8 Å². The highest BCUT2D eigenvalue weighted by Gasteiger charge is 2.20. The zero-order valence-electron chi connectivity index (χ0n) is 13.5. The monoisotopic (exact) mass is 312 g/mol. The summed E-state index contributed by atoms with van der Waals surface area (Å²) in [6.07, 6.45) is 11.3. The van der Waals surface area contributed by atoms with Crippen molar-refractivity contribution in [1.29, 1.82) is 0 Å². The fraction of sp³-hybridized carbons (Fsp3) is 0.500. The second-order valence-electron chi connectivity index (χ2n) is 6.98. The minimum absolute atomic E-state index is 0.0816. The Bertz CT molecular complexity index is 728. The van der Waals surface area contributed by atoms with Gasteiger partial charge in [0.2, 0.25) is 0 Å². The lowest BCUT2D eigenvalue weighted by Gasteiger charge is -2.25. The van der Waals surface area contributed by atoms with Crippen molar-refractivity contribution in [3.63, 3.8) is 0 Å². The van der Waals surface area contributed by atoms with Gasteiger partial charge < -0.3 is 15.5 Å². The number of nitrogens with one attached hydrogen (secondary N) is 2. The topological polar surface area (TPSA) is 64.2 Å². The Balaban J connectivity index is 1.57. The summed E-state index contributed by atoms with van der Waals surface area (Å²) in [6, 6.07) is 2.29. The zero-order chi connectivity index (χ0) is 15.8. The van der Waals surface area contributed by atoms with Gasteiger partial charge in [-0.15, -0.1) is 0 Å². The molecule has 2 aromatic heterocycles. The minimum atomic E-state index is -0.0816. The summed E-state index contributed by atoms with van der Waals surface area (Å²) in [5.74, 6) is 0.679. The van der Waals surface area contributed by atoms with E-state index in [0.717, 1.165) is 44.3 Å². The Morgan fingerprint density at radius 1 is 1.30 bits per heavy atom.